The molecule has 0 bridgehead atoms. The number of ether oxygens (including phenoxy) is 1. The van der Waals surface area contributed by atoms with Crippen molar-refractivity contribution in [2.75, 3.05) is 19.7 Å². The summed E-state index contributed by atoms with van der Waals surface area (Å²) in [6, 6.07) is 5.87. The number of benzene rings is 1. The maximum atomic E-state index is 13.8. The first kappa shape index (κ1) is 24.1. The third kappa shape index (κ3) is 4.50. The molecule has 0 aliphatic carbocycles. The third-order valence-electron chi connectivity index (χ3n) is 4.75. The van der Waals surface area contributed by atoms with Crippen molar-refractivity contribution in [1.29, 1.82) is 5.26 Å². The highest BCUT2D eigenvalue weighted by atomic mass is 35.5. The number of aliphatic hydroxyl groups is 2. The molecule has 2 aromatic rings. The van der Waals surface area contributed by atoms with Gasteiger partial charge in [-0.05, 0) is 24.3 Å². The van der Waals surface area contributed by atoms with E-state index in [0.717, 1.165) is 12.1 Å². The zero-order chi connectivity index (χ0) is 23.9. The number of sulfonamides is 1. The van der Waals surface area contributed by atoms with E-state index < -0.39 is 69.2 Å². The highest BCUT2D eigenvalue weighted by Crippen LogP contribution is 2.35. The van der Waals surface area contributed by atoms with Crippen molar-refractivity contribution in [3.8, 4) is 11.8 Å². The van der Waals surface area contributed by atoms with E-state index in [-0.39, 0.29) is 11.3 Å². The normalized spacial score (nSPS) is 22.0. The van der Waals surface area contributed by atoms with Crippen LogP contribution >= 0.6 is 11.6 Å². The smallest absolute Gasteiger partial charge is 0.433 e. The van der Waals surface area contributed by atoms with Crippen LogP contribution in [0.4, 0.5) is 17.6 Å². The van der Waals surface area contributed by atoms with Crippen molar-refractivity contribution < 1.29 is 40.9 Å². The van der Waals surface area contributed by atoms with Gasteiger partial charge in [0.15, 0.2) is 0 Å². The van der Waals surface area contributed by atoms with Gasteiger partial charge in [0, 0.05) is 12.6 Å². The molecule has 0 saturated carbocycles. The van der Waals surface area contributed by atoms with Crippen molar-refractivity contribution in [3.05, 3.63) is 52.6 Å². The number of nitrogens with zero attached hydrogens (tertiary/aromatic N) is 3. The number of hydrogen-bond donors (Lipinski definition) is 2. The molecule has 1 aliphatic heterocycles. The molecule has 1 fully saturated rings. The van der Waals surface area contributed by atoms with E-state index in [0.29, 0.717) is 16.4 Å². The first-order valence-electron chi connectivity index (χ1n) is 8.75. The van der Waals surface area contributed by atoms with Crippen LogP contribution in [0.1, 0.15) is 11.3 Å². The van der Waals surface area contributed by atoms with Gasteiger partial charge in [-0.2, -0.15) is 22.7 Å². The van der Waals surface area contributed by atoms with Gasteiger partial charge in [0.2, 0.25) is 10.0 Å². The van der Waals surface area contributed by atoms with Crippen molar-refractivity contribution in [2.24, 2.45) is 0 Å². The fraction of sp³-hybridized carbons (Fsp3) is 0.333. The molecule has 0 spiro atoms. The maximum Gasteiger partial charge on any atom is 0.433 e. The summed E-state index contributed by atoms with van der Waals surface area (Å²) in [6.07, 6.45) is -6.22. The standard InChI is InChI=1S/C18H14ClF4N3O5S/c19-16-13(3-4-14(25-16)18(21,22)23)32(29,30)26-7-15(17(28,8-26)9-27)31-11-2-1-10(6-24)12(20)5-11/h1-5,15,27-28H,7-9H2/t15?,17-/m1/s1. The minimum atomic E-state index is -4.84. The number of hydrogen-bond acceptors (Lipinski definition) is 7. The number of alkyl halides is 3. The summed E-state index contributed by atoms with van der Waals surface area (Å²) < 4.78 is 84.1. The number of halogens is 5. The molecular formula is C18H14ClF4N3O5S. The fourth-order valence-electron chi connectivity index (χ4n) is 3.04. The molecule has 2 N–H and O–H groups in total. The van der Waals surface area contributed by atoms with Crippen molar-refractivity contribution in [2.45, 2.75) is 22.8 Å². The summed E-state index contributed by atoms with van der Waals surface area (Å²) in [5.41, 5.74) is -3.78. The van der Waals surface area contributed by atoms with E-state index in [1.165, 1.54) is 6.07 Å². The molecule has 1 aliphatic rings. The Balaban J connectivity index is 1.90. The Hall–Kier alpha value is -2.50. The van der Waals surface area contributed by atoms with Crippen LogP contribution in [0.3, 0.4) is 0 Å². The Morgan fingerprint density at radius 1 is 1.34 bits per heavy atom. The minimum absolute atomic E-state index is 0.146. The molecule has 1 unspecified atom stereocenters. The Morgan fingerprint density at radius 2 is 2.03 bits per heavy atom. The highest BCUT2D eigenvalue weighted by molar-refractivity contribution is 7.89. The Bertz CT molecular complexity index is 1190. The van der Waals surface area contributed by atoms with Gasteiger partial charge < -0.3 is 14.9 Å². The first-order valence-corrected chi connectivity index (χ1v) is 10.6. The summed E-state index contributed by atoms with van der Waals surface area (Å²) in [5, 5.41) is 28.1. The molecular weight excluding hydrogens is 482 g/mol. The van der Waals surface area contributed by atoms with Gasteiger partial charge in [0.25, 0.3) is 0 Å². The molecule has 2 heterocycles. The largest absolute Gasteiger partial charge is 0.486 e. The van der Waals surface area contributed by atoms with Crippen molar-refractivity contribution >= 4 is 21.6 Å². The van der Waals surface area contributed by atoms with E-state index >= 15 is 0 Å². The predicted molar refractivity (Wildman–Crippen MR) is 101 cm³/mol. The number of aromatic nitrogens is 1. The molecule has 8 nitrogen and oxygen atoms in total. The molecule has 172 valence electrons. The number of nitriles is 1. The SMILES string of the molecule is N#Cc1ccc(OC2CN(S(=O)(=O)c3ccc(C(F)(F)F)nc3Cl)C[C@@]2(O)CO)cc1F. The molecule has 1 saturated heterocycles. The predicted octanol–water partition coefficient (Wildman–Crippen LogP) is 1.94. The van der Waals surface area contributed by atoms with E-state index in [4.69, 9.17) is 21.6 Å². The van der Waals surface area contributed by atoms with Gasteiger partial charge in [-0.25, -0.2) is 17.8 Å². The van der Waals surface area contributed by atoms with Crippen LogP contribution in [0, 0.1) is 17.1 Å². The van der Waals surface area contributed by atoms with Crippen LogP contribution in [-0.4, -0.2) is 59.3 Å². The third-order valence-corrected chi connectivity index (χ3v) is 7.00. The number of β-amino-alcohol motifs (C(OH)–C–C–N with tert-alkyl or cyclic N) is 1. The summed E-state index contributed by atoms with van der Waals surface area (Å²) >= 11 is 5.69. The number of aliphatic hydroxyl groups excluding tert-OH is 1. The zero-order valence-corrected chi connectivity index (χ0v) is 17.4. The maximum absolute atomic E-state index is 13.8. The molecule has 3 rings (SSSR count). The van der Waals surface area contributed by atoms with Crippen LogP contribution < -0.4 is 4.74 Å². The summed E-state index contributed by atoms with van der Waals surface area (Å²) in [7, 11) is -4.55. The van der Waals surface area contributed by atoms with Gasteiger partial charge >= 0.3 is 6.18 Å². The quantitative estimate of drug-likeness (QED) is 0.480. The average Bonchev–Trinajstić information content (AvgIpc) is 3.05. The first-order chi connectivity index (χ1) is 14.8. The number of rotatable bonds is 5. The van der Waals surface area contributed by atoms with Gasteiger partial charge in [-0.1, -0.05) is 11.6 Å². The lowest BCUT2D eigenvalue weighted by molar-refractivity contribution is -0.141. The average molecular weight is 496 g/mol. The van der Waals surface area contributed by atoms with E-state index in [2.05, 4.69) is 4.98 Å². The van der Waals surface area contributed by atoms with Crippen molar-refractivity contribution in [1.82, 2.24) is 9.29 Å². The Kier molecular flexibility index (Phi) is 6.38. The Morgan fingerprint density at radius 3 is 2.56 bits per heavy atom. The molecule has 0 radical (unpaired) electrons. The van der Waals surface area contributed by atoms with Crippen LogP contribution in [0.15, 0.2) is 35.2 Å². The lowest BCUT2D eigenvalue weighted by Crippen LogP contribution is -2.48. The minimum Gasteiger partial charge on any atom is -0.486 e. The zero-order valence-electron chi connectivity index (χ0n) is 15.8. The molecule has 14 heteroatoms. The summed E-state index contributed by atoms with van der Waals surface area (Å²) in [5.74, 6) is -1.06. The van der Waals surface area contributed by atoms with E-state index in [9.17, 15) is 36.2 Å². The molecule has 0 amide bonds. The molecule has 32 heavy (non-hydrogen) atoms. The van der Waals surface area contributed by atoms with Crippen LogP contribution in [0.5, 0.6) is 5.75 Å². The monoisotopic (exact) mass is 495 g/mol. The number of pyridine rings is 1. The molecule has 2 atom stereocenters. The topological polar surface area (TPSA) is 124 Å². The van der Waals surface area contributed by atoms with Crippen LogP contribution in [-0.2, 0) is 16.2 Å². The van der Waals surface area contributed by atoms with Gasteiger partial charge in [-0.15, -0.1) is 0 Å². The lowest BCUT2D eigenvalue weighted by Gasteiger charge is -2.27. The molecule has 1 aromatic heterocycles. The molecule has 1 aromatic carbocycles. The van der Waals surface area contributed by atoms with Gasteiger partial charge in [0.05, 0.1) is 18.7 Å². The highest BCUT2D eigenvalue weighted by Gasteiger charge is 2.51. The lowest BCUT2D eigenvalue weighted by atomic mass is 10.0. The van der Waals surface area contributed by atoms with Crippen LogP contribution in [0.25, 0.3) is 0 Å². The van der Waals surface area contributed by atoms with Gasteiger partial charge in [0.1, 0.15) is 45.1 Å². The van der Waals surface area contributed by atoms with Crippen molar-refractivity contribution in [3.63, 3.8) is 0 Å². The van der Waals surface area contributed by atoms with E-state index in [1.54, 1.807) is 6.07 Å². The second kappa shape index (κ2) is 8.45. The second-order valence-electron chi connectivity index (χ2n) is 6.90. The summed E-state index contributed by atoms with van der Waals surface area (Å²) in [6.45, 7) is -2.17. The summed E-state index contributed by atoms with van der Waals surface area (Å²) in [4.78, 5) is 2.34. The fourth-order valence-corrected chi connectivity index (χ4v) is 4.99. The van der Waals surface area contributed by atoms with E-state index in [1.807, 2.05) is 0 Å². The second-order valence-corrected chi connectivity index (χ2v) is 9.17. The van der Waals surface area contributed by atoms with Crippen LogP contribution in [0.2, 0.25) is 5.15 Å². The Labute approximate surface area is 184 Å². The van der Waals surface area contributed by atoms with Gasteiger partial charge in [-0.3, -0.25) is 0 Å².